The molecule has 256 valence electrons. The predicted molar refractivity (Wildman–Crippen MR) is 186 cm³/mol. The summed E-state index contributed by atoms with van der Waals surface area (Å²) in [5, 5.41) is 10.5. The Bertz CT molecular complexity index is 2050. The number of thiophene rings is 1. The summed E-state index contributed by atoms with van der Waals surface area (Å²) in [6, 6.07) is 5.71. The molecule has 5 heterocycles. The first-order valence-electron chi connectivity index (χ1n) is 16.3. The van der Waals surface area contributed by atoms with E-state index in [1.165, 1.54) is 18.2 Å². The number of nitrogen functional groups attached to an aromatic ring is 1. The molecule has 2 unspecified atom stereocenters. The number of nitrogens with zero attached hydrogens (tertiary/aromatic N) is 6. The molecular formula is C35H35ClF3N7O2S. The van der Waals surface area contributed by atoms with Gasteiger partial charge in [-0.25, -0.2) is 13.2 Å². The molecule has 4 aromatic rings. The predicted octanol–water partition coefficient (Wildman–Crippen LogP) is 6.85. The highest BCUT2D eigenvalue weighted by Gasteiger charge is 2.49. The van der Waals surface area contributed by atoms with Crippen LogP contribution in [0.5, 0.6) is 6.01 Å². The summed E-state index contributed by atoms with van der Waals surface area (Å²) >= 11 is 7.77. The lowest BCUT2D eigenvalue weighted by Crippen LogP contribution is -2.45. The van der Waals surface area contributed by atoms with Crippen molar-refractivity contribution < 1.29 is 22.7 Å². The number of hydrogen-bond donors (Lipinski definition) is 1. The second kappa shape index (κ2) is 12.6. The first-order valence-corrected chi connectivity index (χ1v) is 17.5. The molecule has 3 aliphatic heterocycles. The van der Waals surface area contributed by atoms with Gasteiger partial charge in [0.25, 0.3) is 0 Å². The summed E-state index contributed by atoms with van der Waals surface area (Å²) in [7, 11) is 1.83. The van der Waals surface area contributed by atoms with Crippen molar-refractivity contribution in [2.45, 2.75) is 62.8 Å². The van der Waals surface area contributed by atoms with Gasteiger partial charge in [0.2, 0.25) is 5.91 Å². The number of likely N-dealkylation sites (tertiary alicyclic amines) is 1. The van der Waals surface area contributed by atoms with E-state index >= 15 is 4.39 Å². The fourth-order valence-electron chi connectivity index (χ4n) is 8.23. The molecule has 3 aliphatic rings. The number of nitriles is 1. The Hall–Kier alpha value is -4.12. The molecule has 1 amide bonds. The number of rotatable bonds is 8. The van der Waals surface area contributed by atoms with Gasteiger partial charge in [-0.15, -0.1) is 11.3 Å². The molecule has 0 saturated carbocycles. The molecule has 0 bridgehead atoms. The second-order valence-electron chi connectivity index (χ2n) is 13.1. The van der Waals surface area contributed by atoms with Crippen LogP contribution in [0.3, 0.4) is 0 Å². The van der Waals surface area contributed by atoms with Gasteiger partial charge in [-0.2, -0.15) is 15.2 Å². The minimum atomic E-state index is -0.961. The van der Waals surface area contributed by atoms with E-state index in [9.17, 15) is 18.8 Å². The highest BCUT2D eigenvalue weighted by atomic mass is 35.5. The molecule has 9 nitrogen and oxygen atoms in total. The lowest BCUT2D eigenvalue weighted by molar-refractivity contribution is -0.126. The number of halogens is 4. The largest absolute Gasteiger partial charge is 0.461 e. The van der Waals surface area contributed by atoms with Crippen molar-refractivity contribution >= 4 is 60.7 Å². The molecule has 7 rings (SSSR count). The highest BCUT2D eigenvalue weighted by Crippen LogP contribution is 2.46. The van der Waals surface area contributed by atoms with E-state index in [2.05, 4.69) is 16.5 Å². The number of fused-ring (bicyclic) bond motifs is 3. The third-order valence-electron chi connectivity index (χ3n) is 10.5. The quantitative estimate of drug-likeness (QED) is 0.198. The van der Waals surface area contributed by atoms with Gasteiger partial charge in [-0.3, -0.25) is 9.69 Å². The maximum atomic E-state index is 17.1. The molecule has 3 fully saturated rings. The summed E-state index contributed by atoms with van der Waals surface area (Å²) in [6.45, 7) is 7.41. The van der Waals surface area contributed by atoms with Crippen LogP contribution in [-0.2, 0) is 4.79 Å². The van der Waals surface area contributed by atoms with Crippen molar-refractivity contribution in [3.8, 4) is 23.2 Å². The van der Waals surface area contributed by atoms with Crippen LogP contribution in [0.25, 0.3) is 32.1 Å². The Labute approximate surface area is 290 Å². The number of amides is 1. The van der Waals surface area contributed by atoms with Gasteiger partial charge in [0, 0.05) is 42.9 Å². The third-order valence-corrected chi connectivity index (χ3v) is 11.8. The highest BCUT2D eigenvalue weighted by molar-refractivity contribution is 7.23. The molecule has 0 spiro atoms. The van der Waals surface area contributed by atoms with Crippen molar-refractivity contribution in [1.82, 2.24) is 19.8 Å². The number of carbonyl (C=O) groups is 1. The summed E-state index contributed by atoms with van der Waals surface area (Å²) in [5.74, 6) is -1.22. The van der Waals surface area contributed by atoms with E-state index in [1.54, 1.807) is 11.0 Å². The standard InChI is InChI=1S/C35H35ClF3N7O2S/c1-4-24-25(9-12-46(24)26(47)5-2)44(3)33-20-13-22(36)28(19-7-8-23(38)31-27(19)21(15-40)32(41)49-31)29(39)30(20)42-34(43-33)48-17-35-10-6-11-45(35)16-18(37)14-35/h5,7-8,13,18,24-25H,2,4,6,9-12,14,16-17,41H2,1,3H3/t18-,24?,25?,35+/m1/s1. The zero-order valence-corrected chi connectivity index (χ0v) is 28.7. The fraction of sp³-hybridized carbons (Fsp3) is 0.429. The van der Waals surface area contributed by atoms with E-state index in [-0.39, 0.29) is 72.9 Å². The zero-order valence-electron chi connectivity index (χ0n) is 27.1. The topological polar surface area (TPSA) is 112 Å². The average molecular weight is 710 g/mol. The summed E-state index contributed by atoms with van der Waals surface area (Å²) in [4.78, 5) is 27.9. The SMILES string of the molecule is C=CC(=O)N1CCC(N(C)c2nc(OC[C@@]34CCCN3C[C@H](F)C4)nc3c(F)c(-c4ccc(F)c5sc(N)c(C#N)c45)c(Cl)cc23)C1CC. The Morgan fingerprint density at radius 3 is 2.88 bits per heavy atom. The van der Waals surface area contributed by atoms with Crippen LogP contribution in [0.15, 0.2) is 30.9 Å². The van der Waals surface area contributed by atoms with Crippen LogP contribution in [0.2, 0.25) is 5.02 Å². The first kappa shape index (κ1) is 33.4. The number of anilines is 2. The van der Waals surface area contributed by atoms with Crippen LogP contribution in [0.4, 0.5) is 24.0 Å². The number of ether oxygens (including phenoxy) is 1. The Morgan fingerprint density at radius 1 is 1.35 bits per heavy atom. The number of aromatic nitrogens is 2. The lowest BCUT2D eigenvalue weighted by atomic mass is 9.95. The number of likely N-dealkylation sites (N-methyl/N-ethyl adjacent to an activating group) is 1. The molecular weight excluding hydrogens is 675 g/mol. The maximum absolute atomic E-state index is 17.1. The van der Waals surface area contributed by atoms with Crippen LogP contribution < -0.4 is 15.4 Å². The van der Waals surface area contributed by atoms with Gasteiger partial charge in [0.05, 0.1) is 32.9 Å². The van der Waals surface area contributed by atoms with E-state index in [1.807, 2.05) is 24.9 Å². The van der Waals surface area contributed by atoms with Crippen LogP contribution in [0.1, 0.15) is 44.6 Å². The molecule has 49 heavy (non-hydrogen) atoms. The summed E-state index contributed by atoms with van der Waals surface area (Å²) in [6.07, 6.45) is 3.65. The number of alkyl halides is 1. The van der Waals surface area contributed by atoms with Crippen LogP contribution >= 0.6 is 22.9 Å². The molecule has 2 N–H and O–H groups in total. The number of benzene rings is 2. The average Bonchev–Trinajstić information content (AvgIpc) is 3.84. The molecule has 2 aromatic carbocycles. The smallest absolute Gasteiger partial charge is 0.319 e. The van der Waals surface area contributed by atoms with Crippen molar-refractivity contribution in [1.29, 1.82) is 5.26 Å². The number of hydrogen-bond acceptors (Lipinski definition) is 9. The van der Waals surface area contributed by atoms with Gasteiger partial charge < -0.3 is 20.3 Å². The minimum Gasteiger partial charge on any atom is -0.461 e. The van der Waals surface area contributed by atoms with E-state index < -0.39 is 23.3 Å². The Morgan fingerprint density at radius 2 is 2.14 bits per heavy atom. The molecule has 0 radical (unpaired) electrons. The Balaban J connectivity index is 1.39. The maximum Gasteiger partial charge on any atom is 0.319 e. The lowest BCUT2D eigenvalue weighted by Gasteiger charge is -2.34. The van der Waals surface area contributed by atoms with Gasteiger partial charge in [-0.05, 0) is 56.0 Å². The number of nitrogens with two attached hydrogens (primary N) is 1. The molecule has 0 aliphatic carbocycles. The summed E-state index contributed by atoms with van der Waals surface area (Å²) in [5.41, 5.74) is 5.64. The molecule has 4 atom stereocenters. The summed E-state index contributed by atoms with van der Waals surface area (Å²) < 4.78 is 52.9. The van der Waals surface area contributed by atoms with E-state index in [0.717, 1.165) is 30.7 Å². The third kappa shape index (κ3) is 5.36. The fourth-order valence-corrected chi connectivity index (χ4v) is 9.47. The van der Waals surface area contributed by atoms with Gasteiger partial charge >= 0.3 is 6.01 Å². The van der Waals surface area contributed by atoms with Crippen molar-refractivity contribution in [3.63, 3.8) is 0 Å². The second-order valence-corrected chi connectivity index (χ2v) is 14.5. The molecule has 14 heteroatoms. The van der Waals surface area contributed by atoms with Gasteiger partial charge in [0.1, 0.15) is 41.0 Å². The molecule has 3 saturated heterocycles. The van der Waals surface area contributed by atoms with E-state index in [0.29, 0.717) is 43.6 Å². The van der Waals surface area contributed by atoms with Crippen molar-refractivity contribution in [3.05, 3.63) is 53.1 Å². The Kier molecular flexibility index (Phi) is 8.61. The first-order chi connectivity index (χ1) is 23.5. The molecule has 2 aromatic heterocycles. The van der Waals surface area contributed by atoms with Crippen molar-refractivity contribution in [2.24, 2.45) is 0 Å². The van der Waals surface area contributed by atoms with Crippen LogP contribution in [-0.4, -0.2) is 82.8 Å². The minimum absolute atomic E-state index is 0.000780. The van der Waals surface area contributed by atoms with Gasteiger partial charge in [0.15, 0.2) is 5.82 Å². The van der Waals surface area contributed by atoms with Crippen LogP contribution in [0, 0.1) is 23.0 Å². The monoisotopic (exact) mass is 709 g/mol. The van der Waals surface area contributed by atoms with Gasteiger partial charge in [-0.1, -0.05) is 31.2 Å². The zero-order chi connectivity index (χ0) is 34.8. The number of carbonyl (C=O) groups excluding carboxylic acids is 1. The van der Waals surface area contributed by atoms with E-state index in [4.69, 9.17) is 27.1 Å². The normalized spacial score (nSPS) is 23.7. The van der Waals surface area contributed by atoms with Crippen molar-refractivity contribution in [2.75, 3.05) is 43.9 Å².